The molecule has 1 atom stereocenters. The van der Waals surface area contributed by atoms with Crippen molar-refractivity contribution in [2.75, 3.05) is 38.0 Å². The number of nitrogens with one attached hydrogen (secondary N) is 1. The molecule has 7 nitrogen and oxygen atoms in total. The fraction of sp³-hybridized carbons (Fsp3) is 0.562. The number of amides is 1. The van der Waals surface area contributed by atoms with E-state index in [2.05, 4.69) is 15.2 Å². The first-order valence-corrected chi connectivity index (χ1v) is 7.97. The van der Waals surface area contributed by atoms with Crippen molar-refractivity contribution >= 4 is 17.7 Å². The van der Waals surface area contributed by atoms with E-state index in [1.807, 2.05) is 30.0 Å². The van der Waals surface area contributed by atoms with Crippen LogP contribution in [0.4, 0.5) is 5.82 Å². The zero-order valence-corrected chi connectivity index (χ0v) is 13.4. The Balaban J connectivity index is 1.73. The van der Waals surface area contributed by atoms with Crippen LogP contribution in [0.15, 0.2) is 24.4 Å². The van der Waals surface area contributed by atoms with Crippen LogP contribution >= 0.6 is 0 Å². The lowest BCUT2D eigenvalue weighted by atomic mass is 10.2. The van der Waals surface area contributed by atoms with Crippen molar-refractivity contribution in [2.45, 2.75) is 25.8 Å². The van der Waals surface area contributed by atoms with Gasteiger partial charge in [-0.2, -0.15) is 0 Å². The van der Waals surface area contributed by atoms with E-state index >= 15 is 0 Å². The van der Waals surface area contributed by atoms with Gasteiger partial charge in [-0.15, -0.1) is 0 Å². The highest BCUT2D eigenvalue weighted by molar-refractivity contribution is 5.84. The van der Waals surface area contributed by atoms with E-state index < -0.39 is 5.97 Å². The normalized spacial score (nSPS) is 16.8. The largest absolute Gasteiger partial charge is 0.481 e. The summed E-state index contributed by atoms with van der Waals surface area (Å²) < 4.78 is 0. The molecule has 2 N–H and O–H groups in total. The lowest BCUT2D eigenvalue weighted by molar-refractivity contribution is -0.137. The van der Waals surface area contributed by atoms with Gasteiger partial charge in [-0.3, -0.25) is 14.5 Å². The highest BCUT2D eigenvalue weighted by atomic mass is 16.4. The molecule has 1 aliphatic rings. The highest BCUT2D eigenvalue weighted by Crippen LogP contribution is 2.09. The highest BCUT2D eigenvalue weighted by Gasteiger charge is 2.24. The molecule has 1 aliphatic heterocycles. The zero-order valence-electron chi connectivity index (χ0n) is 13.4. The molecule has 1 amide bonds. The Morgan fingerprint density at radius 1 is 1.30 bits per heavy atom. The predicted molar refractivity (Wildman–Crippen MR) is 87.2 cm³/mol. The van der Waals surface area contributed by atoms with Crippen LogP contribution in [-0.4, -0.2) is 70.5 Å². The van der Waals surface area contributed by atoms with Crippen molar-refractivity contribution in [2.24, 2.45) is 0 Å². The third-order valence-corrected chi connectivity index (χ3v) is 3.95. The summed E-state index contributed by atoms with van der Waals surface area (Å²) in [6.45, 7) is 5.57. The summed E-state index contributed by atoms with van der Waals surface area (Å²) >= 11 is 0. The maximum Gasteiger partial charge on any atom is 0.303 e. The average Bonchev–Trinajstić information content (AvgIpc) is 2.55. The number of aromatic nitrogens is 1. The van der Waals surface area contributed by atoms with Crippen LogP contribution in [0.2, 0.25) is 0 Å². The van der Waals surface area contributed by atoms with Crippen LogP contribution in [0, 0.1) is 0 Å². The molecule has 0 bridgehead atoms. The number of carbonyl (C=O) groups excluding carboxylic acids is 1. The van der Waals surface area contributed by atoms with Crippen LogP contribution in [0.3, 0.4) is 0 Å². The molecule has 2 rings (SSSR count). The molecule has 0 spiro atoms. The summed E-state index contributed by atoms with van der Waals surface area (Å²) in [6, 6.07) is 5.23. The van der Waals surface area contributed by atoms with Crippen molar-refractivity contribution in [3.8, 4) is 0 Å². The lowest BCUT2D eigenvalue weighted by Crippen LogP contribution is -2.52. The van der Waals surface area contributed by atoms with Crippen molar-refractivity contribution in [1.82, 2.24) is 14.8 Å². The van der Waals surface area contributed by atoms with Gasteiger partial charge in [-0.25, -0.2) is 4.98 Å². The smallest absolute Gasteiger partial charge is 0.303 e. The average molecular weight is 320 g/mol. The molecule has 1 aromatic rings. The number of piperazine rings is 1. The number of aliphatic carboxylic acids is 1. The third-order valence-electron chi connectivity index (χ3n) is 3.95. The predicted octanol–water partition coefficient (Wildman–Crippen LogP) is 0.891. The van der Waals surface area contributed by atoms with Crippen molar-refractivity contribution in [3.05, 3.63) is 24.4 Å². The fourth-order valence-electron chi connectivity index (χ4n) is 2.65. The molecular weight excluding hydrogens is 296 g/mol. The van der Waals surface area contributed by atoms with Gasteiger partial charge in [0.1, 0.15) is 11.9 Å². The number of carboxylic acids is 1. The molecule has 7 heteroatoms. The Morgan fingerprint density at radius 3 is 2.65 bits per heavy atom. The molecule has 2 heterocycles. The molecule has 1 saturated heterocycles. The zero-order chi connectivity index (χ0) is 16.7. The van der Waals surface area contributed by atoms with Crippen LogP contribution in [-0.2, 0) is 9.59 Å². The number of nitrogens with zero attached hydrogens (tertiary/aromatic N) is 3. The van der Waals surface area contributed by atoms with Crippen LogP contribution < -0.4 is 5.32 Å². The quantitative estimate of drug-likeness (QED) is 0.776. The van der Waals surface area contributed by atoms with Crippen molar-refractivity contribution in [3.63, 3.8) is 0 Å². The number of carbonyl (C=O) groups is 2. The lowest BCUT2D eigenvalue weighted by Gasteiger charge is -2.36. The van der Waals surface area contributed by atoms with Gasteiger partial charge in [0.25, 0.3) is 0 Å². The molecule has 1 unspecified atom stereocenters. The fourth-order valence-corrected chi connectivity index (χ4v) is 2.65. The van der Waals surface area contributed by atoms with Gasteiger partial charge in [-0.05, 0) is 32.0 Å². The topological polar surface area (TPSA) is 85.8 Å². The summed E-state index contributed by atoms with van der Waals surface area (Å²) in [7, 11) is 0. The summed E-state index contributed by atoms with van der Waals surface area (Å²) in [5.74, 6) is 0.00901. The minimum absolute atomic E-state index is 0.0702. The molecule has 0 aromatic carbocycles. The number of anilines is 1. The number of carboxylic acid groups (broad SMARTS) is 1. The van der Waals surface area contributed by atoms with E-state index in [-0.39, 0.29) is 18.4 Å². The van der Waals surface area contributed by atoms with E-state index in [0.717, 1.165) is 19.6 Å². The first kappa shape index (κ1) is 17.2. The third kappa shape index (κ3) is 5.52. The monoisotopic (exact) mass is 320 g/mol. The number of hydrogen-bond acceptors (Lipinski definition) is 5. The van der Waals surface area contributed by atoms with E-state index in [9.17, 15) is 9.59 Å². The van der Waals surface area contributed by atoms with Gasteiger partial charge in [0.15, 0.2) is 0 Å². The van der Waals surface area contributed by atoms with Crippen LogP contribution in [0.5, 0.6) is 0 Å². The van der Waals surface area contributed by atoms with Gasteiger partial charge >= 0.3 is 5.97 Å². The molecule has 1 aromatic heterocycles. The van der Waals surface area contributed by atoms with Crippen LogP contribution in [0.25, 0.3) is 0 Å². The van der Waals surface area contributed by atoms with Gasteiger partial charge in [0.05, 0.1) is 0 Å². The molecule has 126 valence electrons. The van der Waals surface area contributed by atoms with Gasteiger partial charge in [0.2, 0.25) is 5.91 Å². The number of rotatable bonds is 7. The second-order valence-electron chi connectivity index (χ2n) is 5.75. The molecule has 23 heavy (non-hydrogen) atoms. The molecule has 0 aliphatic carbocycles. The molecular formula is C16H24N4O3. The van der Waals surface area contributed by atoms with E-state index in [4.69, 9.17) is 5.11 Å². The first-order valence-electron chi connectivity index (χ1n) is 7.97. The Kier molecular flexibility index (Phi) is 6.34. The molecule has 0 radical (unpaired) electrons. The van der Waals surface area contributed by atoms with Gasteiger partial charge in [-0.1, -0.05) is 6.07 Å². The summed E-state index contributed by atoms with van der Waals surface area (Å²) in [5, 5.41) is 11.8. The van der Waals surface area contributed by atoms with E-state index in [0.29, 0.717) is 25.3 Å². The summed E-state index contributed by atoms with van der Waals surface area (Å²) in [5.41, 5.74) is 0. The Hall–Kier alpha value is -2.15. The van der Waals surface area contributed by atoms with E-state index in [1.165, 1.54) is 0 Å². The second kappa shape index (κ2) is 8.47. The minimum Gasteiger partial charge on any atom is -0.481 e. The summed E-state index contributed by atoms with van der Waals surface area (Å²) in [4.78, 5) is 31.2. The van der Waals surface area contributed by atoms with Crippen molar-refractivity contribution in [1.29, 1.82) is 0 Å². The second-order valence-corrected chi connectivity index (χ2v) is 5.75. The minimum atomic E-state index is -0.756. The number of pyridine rings is 1. The number of hydrogen-bond donors (Lipinski definition) is 2. The van der Waals surface area contributed by atoms with Gasteiger partial charge < -0.3 is 15.3 Å². The Morgan fingerprint density at radius 2 is 2.04 bits per heavy atom. The molecule has 1 fully saturated rings. The molecule has 0 saturated carbocycles. The maximum absolute atomic E-state index is 12.5. The SMILES string of the molecule is CC(Nc1ccccn1)C(=O)N1CCN(CCCC(=O)O)CC1. The van der Waals surface area contributed by atoms with Gasteiger partial charge in [0, 0.05) is 38.8 Å². The van der Waals surface area contributed by atoms with E-state index in [1.54, 1.807) is 6.20 Å². The standard InChI is InChI=1S/C16H24N4O3/c1-13(18-14-5-2-3-7-17-14)16(23)20-11-9-19(10-12-20)8-4-6-15(21)22/h2-3,5,7,13H,4,6,8-12H2,1H3,(H,17,18)(H,21,22). The van der Waals surface area contributed by atoms with Crippen LogP contribution in [0.1, 0.15) is 19.8 Å². The summed E-state index contributed by atoms with van der Waals surface area (Å²) in [6.07, 6.45) is 2.54. The Labute approximate surface area is 136 Å². The Bertz CT molecular complexity index is 515. The maximum atomic E-state index is 12.5. The first-order chi connectivity index (χ1) is 11.1. The van der Waals surface area contributed by atoms with Crippen molar-refractivity contribution < 1.29 is 14.7 Å².